The van der Waals surface area contributed by atoms with Crippen molar-refractivity contribution in [2.24, 2.45) is 0 Å². The van der Waals surface area contributed by atoms with Crippen LogP contribution in [0, 0.1) is 0 Å². The summed E-state index contributed by atoms with van der Waals surface area (Å²) in [6.07, 6.45) is 0. The highest BCUT2D eigenvalue weighted by Crippen LogP contribution is 2.28. The van der Waals surface area contributed by atoms with E-state index >= 15 is 0 Å². The minimum absolute atomic E-state index is 0.0275. The van der Waals surface area contributed by atoms with Gasteiger partial charge in [-0.1, -0.05) is 48.5 Å². The lowest BCUT2D eigenvalue weighted by Crippen LogP contribution is -2.53. The van der Waals surface area contributed by atoms with Crippen molar-refractivity contribution in [3.8, 4) is 22.6 Å². The first-order chi connectivity index (χ1) is 16.6. The molecule has 0 saturated carbocycles. The summed E-state index contributed by atoms with van der Waals surface area (Å²) in [6, 6.07) is 25.6. The number of rotatable bonds is 9. The standard InChI is InChI=1S/C28H33N3O3/c1-22(28(32)29-27-11-7-6-10-26(27)23-8-4-3-5-9-23)31-18-16-30(17-19-31)20-21-34-25-14-12-24(33-2)13-15-25/h3-15,22H,16-21H2,1-2H3,(H,29,32)/t22-/m1/s1. The van der Waals surface area contributed by atoms with Gasteiger partial charge in [0.15, 0.2) is 0 Å². The Bertz CT molecular complexity index is 1050. The van der Waals surface area contributed by atoms with Crippen LogP contribution < -0.4 is 14.8 Å². The molecule has 1 saturated heterocycles. The molecule has 1 heterocycles. The zero-order valence-corrected chi connectivity index (χ0v) is 19.9. The smallest absolute Gasteiger partial charge is 0.241 e. The summed E-state index contributed by atoms with van der Waals surface area (Å²) in [4.78, 5) is 17.7. The predicted octanol–water partition coefficient (Wildman–Crippen LogP) is 4.39. The van der Waals surface area contributed by atoms with Gasteiger partial charge in [-0.25, -0.2) is 0 Å². The van der Waals surface area contributed by atoms with E-state index in [1.54, 1.807) is 7.11 Å². The third-order valence-electron chi connectivity index (χ3n) is 6.34. The van der Waals surface area contributed by atoms with Crippen molar-refractivity contribution in [2.75, 3.05) is 51.8 Å². The molecule has 0 bridgehead atoms. The number of hydrogen-bond donors (Lipinski definition) is 1. The summed E-state index contributed by atoms with van der Waals surface area (Å²) >= 11 is 0. The summed E-state index contributed by atoms with van der Waals surface area (Å²) in [7, 11) is 1.66. The molecule has 0 aromatic heterocycles. The summed E-state index contributed by atoms with van der Waals surface area (Å²) in [5, 5.41) is 3.15. The highest BCUT2D eigenvalue weighted by Gasteiger charge is 2.26. The van der Waals surface area contributed by atoms with Crippen molar-refractivity contribution in [1.82, 2.24) is 9.80 Å². The van der Waals surface area contributed by atoms with E-state index in [2.05, 4.69) is 27.2 Å². The van der Waals surface area contributed by atoms with Crippen molar-refractivity contribution in [1.29, 1.82) is 0 Å². The molecule has 1 amide bonds. The molecule has 178 valence electrons. The van der Waals surface area contributed by atoms with Crippen LogP contribution in [0.1, 0.15) is 6.92 Å². The average molecular weight is 460 g/mol. The SMILES string of the molecule is COc1ccc(OCCN2CCN([C@H](C)C(=O)Nc3ccccc3-c3ccccc3)CC2)cc1. The Morgan fingerprint density at radius 1 is 0.882 bits per heavy atom. The summed E-state index contributed by atoms with van der Waals surface area (Å²) in [5.74, 6) is 1.70. The van der Waals surface area contributed by atoms with Gasteiger partial charge < -0.3 is 14.8 Å². The number of carbonyl (C=O) groups excluding carboxylic acids is 1. The molecule has 3 aromatic carbocycles. The van der Waals surface area contributed by atoms with E-state index in [1.165, 1.54) is 0 Å². The van der Waals surface area contributed by atoms with Gasteiger partial charge in [-0.15, -0.1) is 0 Å². The lowest BCUT2D eigenvalue weighted by atomic mass is 10.0. The van der Waals surface area contributed by atoms with Crippen molar-refractivity contribution in [3.05, 3.63) is 78.9 Å². The van der Waals surface area contributed by atoms with Crippen LogP contribution in [-0.4, -0.2) is 68.2 Å². The summed E-state index contributed by atoms with van der Waals surface area (Å²) in [5.41, 5.74) is 2.97. The molecule has 0 unspecified atom stereocenters. The lowest BCUT2D eigenvalue weighted by molar-refractivity contribution is -0.121. The van der Waals surface area contributed by atoms with Crippen LogP contribution in [0.25, 0.3) is 11.1 Å². The van der Waals surface area contributed by atoms with Crippen molar-refractivity contribution >= 4 is 11.6 Å². The number of methoxy groups -OCH3 is 1. The second-order valence-electron chi connectivity index (χ2n) is 8.48. The largest absolute Gasteiger partial charge is 0.497 e. The third-order valence-corrected chi connectivity index (χ3v) is 6.34. The van der Waals surface area contributed by atoms with Crippen LogP contribution >= 0.6 is 0 Å². The summed E-state index contributed by atoms with van der Waals surface area (Å²) in [6.45, 7) is 7.05. The number of carbonyl (C=O) groups is 1. The molecular formula is C28H33N3O3. The molecule has 6 heteroatoms. The van der Waals surface area contributed by atoms with Crippen LogP contribution in [0.3, 0.4) is 0 Å². The van der Waals surface area contributed by atoms with E-state index in [4.69, 9.17) is 9.47 Å². The number of amides is 1. The molecule has 3 aromatic rings. The Hall–Kier alpha value is -3.35. The number of ether oxygens (including phenoxy) is 2. The second kappa shape index (κ2) is 11.7. The van der Waals surface area contributed by atoms with Gasteiger partial charge in [-0.2, -0.15) is 0 Å². The molecule has 6 nitrogen and oxygen atoms in total. The van der Waals surface area contributed by atoms with Crippen molar-refractivity contribution in [3.63, 3.8) is 0 Å². The van der Waals surface area contributed by atoms with Crippen LogP contribution in [0.2, 0.25) is 0 Å². The first-order valence-electron chi connectivity index (χ1n) is 11.8. The Morgan fingerprint density at radius 2 is 1.53 bits per heavy atom. The van der Waals surface area contributed by atoms with Gasteiger partial charge >= 0.3 is 0 Å². The molecule has 0 spiro atoms. The van der Waals surface area contributed by atoms with E-state index in [0.29, 0.717) is 6.61 Å². The number of hydrogen-bond acceptors (Lipinski definition) is 5. The van der Waals surface area contributed by atoms with Crippen molar-refractivity contribution in [2.45, 2.75) is 13.0 Å². The topological polar surface area (TPSA) is 54.0 Å². The van der Waals surface area contributed by atoms with Gasteiger partial charge in [-0.3, -0.25) is 14.6 Å². The van der Waals surface area contributed by atoms with E-state index in [9.17, 15) is 4.79 Å². The fourth-order valence-corrected chi connectivity index (χ4v) is 4.20. The zero-order valence-electron chi connectivity index (χ0n) is 19.9. The number of nitrogens with zero attached hydrogens (tertiary/aromatic N) is 2. The minimum atomic E-state index is -0.193. The maximum absolute atomic E-state index is 13.1. The Morgan fingerprint density at radius 3 is 2.24 bits per heavy atom. The monoisotopic (exact) mass is 459 g/mol. The van der Waals surface area contributed by atoms with Crippen LogP contribution in [0.4, 0.5) is 5.69 Å². The third kappa shape index (κ3) is 6.16. The highest BCUT2D eigenvalue weighted by atomic mass is 16.5. The zero-order chi connectivity index (χ0) is 23.8. The van der Waals surface area contributed by atoms with Crippen LogP contribution in [-0.2, 0) is 4.79 Å². The number of nitrogens with one attached hydrogen (secondary N) is 1. The number of anilines is 1. The second-order valence-corrected chi connectivity index (χ2v) is 8.48. The molecule has 1 atom stereocenters. The summed E-state index contributed by atoms with van der Waals surface area (Å²) < 4.78 is 11.0. The van der Waals surface area contributed by atoms with Crippen LogP contribution in [0.15, 0.2) is 78.9 Å². The Balaban J connectivity index is 1.24. The molecule has 1 fully saturated rings. The molecule has 1 aliphatic heterocycles. The first-order valence-corrected chi connectivity index (χ1v) is 11.8. The molecular weight excluding hydrogens is 426 g/mol. The van der Waals surface area contributed by atoms with E-state index < -0.39 is 0 Å². The number of benzene rings is 3. The molecule has 0 radical (unpaired) electrons. The quantitative estimate of drug-likeness (QED) is 0.515. The maximum atomic E-state index is 13.1. The van der Waals surface area contributed by atoms with E-state index in [1.807, 2.05) is 73.7 Å². The van der Waals surface area contributed by atoms with Gasteiger partial charge in [0.2, 0.25) is 5.91 Å². The lowest BCUT2D eigenvalue weighted by Gasteiger charge is -2.37. The Kier molecular flexibility index (Phi) is 8.17. The van der Waals surface area contributed by atoms with E-state index in [0.717, 1.165) is 61.0 Å². The van der Waals surface area contributed by atoms with Crippen molar-refractivity contribution < 1.29 is 14.3 Å². The normalized spacial score (nSPS) is 15.5. The maximum Gasteiger partial charge on any atom is 0.241 e. The minimum Gasteiger partial charge on any atom is -0.497 e. The fourth-order valence-electron chi connectivity index (χ4n) is 4.20. The number of para-hydroxylation sites is 1. The Labute approximate surface area is 202 Å². The first kappa shape index (κ1) is 23.8. The van der Waals surface area contributed by atoms with Gasteiger partial charge in [0.25, 0.3) is 0 Å². The predicted molar refractivity (Wildman–Crippen MR) is 136 cm³/mol. The highest BCUT2D eigenvalue weighted by molar-refractivity contribution is 5.98. The molecule has 4 rings (SSSR count). The molecule has 1 aliphatic rings. The molecule has 0 aliphatic carbocycles. The number of piperazine rings is 1. The van der Waals surface area contributed by atoms with Crippen LogP contribution in [0.5, 0.6) is 11.5 Å². The molecule has 34 heavy (non-hydrogen) atoms. The average Bonchev–Trinajstić information content (AvgIpc) is 2.90. The molecule has 1 N–H and O–H groups in total. The van der Waals surface area contributed by atoms with Gasteiger partial charge in [-0.05, 0) is 42.8 Å². The van der Waals surface area contributed by atoms with Gasteiger partial charge in [0.05, 0.1) is 13.2 Å². The van der Waals surface area contributed by atoms with E-state index in [-0.39, 0.29) is 11.9 Å². The van der Waals surface area contributed by atoms with Gasteiger partial charge in [0.1, 0.15) is 18.1 Å². The fraction of sp³-hybridized carbons (Fsp3) is 0.321. The van der Waals surface area contributed by atoms with Gasteiger partial charge in [0, 0.05) is 44.0 Å².